The third kappa shape index (κ3) is 3.10. The van der Waals surface area contributed by atoms with Crippen molar-refractivity contribution in [2.75, 3.05) is 7.05 Å². The number of hydrogen-bond donors (Lipinski definition) is 0. The van der Waals surface area contributed by atoms with Crippen LogP contribution in [-0.4, -0.2) is 22.4 Å². The van der Waals surface area contributed by atoms with Crippen molar-refractivity contribution >= 4 is 21.8 Å². The number of rotatable bonds is 4. The molecule has 0 aromatic carbocycles. The molecule has 0 radical (unpaired) electrons. The monoisotopic (exact) mass is 324 g/mol. The molecule has 0 spiro atoms. The van der Waals surface area contributed by atoms with Gasteiger partial charge in [-0.05, 0) is 48.0 Å². The van der Waals surface area contributed by atoms with E-state index in [1.165, 1.54) is 0 Å². The lowest BCUT2D eigenvalue weighted by Crippen LogP contribution is -2.27. The van der Waals surface area contributed by atoms with E-state index in [4.69, 9.17) is 4.42 Å². The fourth-order valence-corrected chi connectivity index (χ4v) is 2.45. The summed E-state index contributed by atoms with van der Waals surface area (Å²) in [5, 5.41) is 0. The van der Waals surface area contributed by atoms with Crippen molar-refractivity contribution in [1.82, 2.24) is 9.47 Å². The Bertz CT molecular complexity index is 586. The number of carbonyl (C=O) groups is 1. The average molecular weight is 325 g/mol. The van der Waals surface area contributed by atoms with Crippen LogP contribution in [-0.2, 0) is 13.1 Å². The second-order valence-electron chi connectivity index (χ2n) is 4.50. The summed E-state index contributed by atoms with van der Waals surface area (Å²) in [6.07, 6.45) is 1.91. The molecule has 0 unspecified atom stereocenters. The fourth-order valence-electron chi connectivity index (χ4n) is 1.99. The molecule has 0 aliphatic heterocycles. The van der Waals surface area contributed by atoms with Crippen LogP contribution < -0.4 is 0 Å². The van der Waals surface area contributed by atoms with E-state index in [0.29, 0.717) is 12.2 Å². The lowest BCUT2D eigenvalue weighted by Gasteiger charge is -2.16. The standard InChI is InChI=1S/C14H17BrN2O2/c1-4-17-8-11(15)7-13(17)14(18)16(3)9-12-6-5-10(2)19-12/h5-8H,4,9H2,1-3H3. The van der Waals surface area contributed by atoms with Gasteiger partial charge in [0.1, 0.15) is 17.2 Å². The SMILES string of the molecule is CCn1cc(Br)cc1C(=O)N(C)Cc1ccc(C)o1. The first-order chi connectivity index (χ1) is 9.01. The number of halogens is 1. The zero-order valence-electron chi connectivity index (χ0n) is 11.3. The van der Waals surface area contributed by atoms with Gasteiger partial charge in [0.15, 0.2) is 0 Å². The van der Waals surface area contributed by atoms with Crippen LogP contribution in [0.25, 0.3) is 0 Å². The molecule has 102 valence electrons. The van der Waals surface area contributed by atoms with Crippen molar-refractivity contribution in [1.29, 1.82) is 0 Å². The molecule has 0 N–H and O–H groups in total. The van der Waals surface area contributed by atoms with Crippen LogP contribution in [0.2, 0.25) is 0 Å². The van der Waals surface area contributed by atoms with Crippen LogP contribution in [0.15, 0.2) is 33.3 Å². The Morgan fingerprint density at radius 3 is 2.79 bits per heavy atom. The lowest BCUT2D eigenvalue weighted by molar-refractivity contribution is 0.0764. The van der Waals surface area contributed by atoms with Gasteiger partial charge >= 0.3 is 0 Å². The van der Waals surface area contributed by atoms with Gasteiger partial charge in [-0.3, -0.25) is 4.79 Å². The van der Waals surface area contributed by atoms with Gasteiger partial charge in [0.2, 0.25) is 0 Å². The summed E-state index contributed by atoms with van der Waals surface area (Å²) in [4.78, 5) is 14.1. The maximum absolute atomic E-state index is 12.4. The van der Waals surface area contributed by atoms with Crippen LogP contribution in [0, 0.1) is 6.92 Å². The summed E-state index contributed by atoms with van der Waals surface area (Å²) in [6.45, 7) is 5.14. The van der Waals surface area contributed by atoms with Crippen molar-refractivity contribution in [3.8, 4) is 0 Å². The van der Waals surface area contributed by atoms with Gasteiger partial charge in [0, 0.05) is 24.3 Å². The molecular weight excluding hydrogens is 308 g/mol. The highest BCUT2D eigenvalue weighted by molar-refractivity contribution is 9.10. The number of carbonyl (C=O) groups excluding carboxylic acids is 1. The van der Waals surface area contributed by atoms with Crippen molar-refractivity contribution < 1.29 is 9.21 Å². The van der Waals surface area contributed by atoms with Crippen molar-refractivity contribution in [2.45, 2.75) is 26.9 Å². The summed E-state index contributed by atoms with van der Waals surface area (Å²) in [5.74, 6) is 1.64. The average Bonchev–Trinajstić information content (AvgIpc) is 2.94. The minimum Gasteiger partial charge on any atom is -0.464 e. The maximum atomic E-state index is 12.4. The van der Waals surface area contributed by atoms with Gasteiger partial charge in [-0.25, -0.2) is 0 Å². The Hall–Kier alpha value is -1.49. The van der Waals surface area contributed by atoms with Crippen LogP contribution in [0.4, 0.5) is 0 Å². The smallest absolute Gasteiger partial charge is 0.270 e. The molecule has 0 bridgehead atoms. The predicted molar refractivity (Wildman–Crippen MR) is 77.0 cm³/mol. The van der Waals surface area contributed by atoms with Gasteiger partial charge in [-0.15, -0.1) is 0 Å². The van der Waals surface area contributed by atoms with E-state index in [1.807, 2.05) is 42.8 Å². The molecular formula is C14H17BrN2O2. The number of aryl methyl sites for hydroxylation is 2. The van der Waals surface area contributed by atoms with E-state index in [-0.39, 0.29) is 5.91 Å². The quantitative estimate of drug-likeness (QED) is 0.864. The highest BCUT2D eigenvalue weighted by Crippen LogP contribution is 2.17. The largest absolute Gasteiger partial charge is 0.464 e. The maximum Gasteiger partial charge on any atom is 0.270 e. The number of hydrogen-bond acceptors (Lipinski definition) is 2. The first kappa shape index (κ1) is 13.9. The molecule has 2 aromatic heterocycles. The third-order valence-corrected chi connectivity index (χ3v) is 3.39. The zero-order chi connectivity index (χ0) is 14.0. The first-order valence-electron chi connectivity index (χ1n) is 6.17. The second kappa shape index (κ2) is 5.65. The molecule has 0 saturated carbocycles. The summed E-state index contributed by atoms with van der Waals surface area (Å²) in [5.41, 5.74) is 0.681. The molecule has 0 aliphatic rings. The summed E-state index contributed by atoms with van der Waals surface area (Å²) >= 11 is 3.40. The molecule has 4 nitrogen and oxygen atoms in total. The minimum atomic E-state index is -0.0124. The summed E-state index contributed by atoms with van der Waals surface area (Å²) < 4.78 is 8.34. The van der Waals surface area contributed by atoms with E-state index in [9.17, 15) is 4.79 Å². The third-order valence-electron chi connectivity index (χ3n) is 2.96. The first-order valence-corrected chi connectivity index (χ1v) is 6.97. The van der Waals surface area contributed by atoms with E-state index < -0.39 is 0 Å². The highest BCUT2D eigenvalue weighted by atomic mass is 79.9. The Kier molecular flexibility index (Phi) is 4.14. The van der Waals surface area contributed by atoms with Crippen LogP contribution >= 0.6 is 15.9 Å². The number of nitrogens with zero attached hydrogens (tertiary/aromatic N) is 2. The predicted octanol–water partition coefficient (Wildman–Crippen LogP) is 3.44. The normalized spacial score (nSPS) is 10.7. The van der Waals surface area contributed by atoms with E-state index in [2.05, 4.69) is 15.9 Å². The molecule has 0 atom stereocenters. The Labute approximate surface area is 121 Å². The Morgan fingerprint density at radius 2 is 2.21 bits per heavy atom. The molecule has 0 saturated heterocycles. The molecule has 2 aromatic rings. The summed E-state index contributed by atoms with van der Waals surface area (Å²) in [6, 6.07) is 5.64. The number of aromatic nitrogens is 1. The Morgan fingerprint density at radius 1 is 1.47 bits per heavy atom. The second-order valence-corrected chi connectivity index (χ2v) is 5.42. The van der Waals surface area contributed by atoms with Gasteiger partial charge < -0.3 is 13.9 Å². The Balaban J connectivity index is 2.14. The van der Waals surface area contributed by atoms with Gasteiger partial charge in [-0.1, -0.05) is 0 Å². The van der Waals surface area contributed by atoms with E-state index in [0.717, 1.165) is 22.5 Å². The fraction of sp³-hybridized carbons (Fsp3) is 0.357. The zero-order valence-corrected chi connectivity index (χ0v) is 12.9. The van der Waals surface area contributed by atoms with Crippen molar-refractivity contribution in [2.24, 2.45) is 0 Å². The molecule has 1 amide bonds. The summed E-state index contributed by atoms with van der Waals surface area (Å²) in [7, 11) is 1.78. The molecule has 19 heavy (non-hydrogen) atoms. The van der Waals surface area contributed by atoms with Gasteiger partial charge in [-0.2, -0.15) is 0 Å². The molecule has 2 heterocycles. The number of furan rings is 1. The molecule has 0 fully saturated rings. The van der Waals surface area contributed by atoms with Crippen LogP contribution in [0.3, 0.4) is 0 Å². The van der Waals surface area contributed by atoms with Crippen LogP contribution in [0.5, 0.6) is 0 Å². The van der Waals surface area contributed by atoms with Crippen molar-refractivity contribution in [3.05, 3.63) is 46.1 Å². The highest BCUT2D eigenvalue weighted by Gasteiger charge is 2.17. The minimum absolute atomic E-state index is 0.0124. The molecule has 5 heteroatoms. The van der Waals surface area contributed by atoms with Gasteiger partial charge in [0.05, 0.1) is 6.54 Å². The topological polar surface area (TPSA) is 38.4 Å². The van der Waals surface area contributed by atoms with Crippen molar-refractivity contribution in [3.63, 3.8) is 0 Å². The van der Waals surface area contributed by atoms with Crippen LogP contribution in [0.1, 0.15) is 28.9 Å². The lowest BCUT2D eigenvalue weighted by atomic mass is 10.3. The van der Waals surface area contributed by atoms with E-state index >= 15 is 0 Å². The molecule has 2 rings (SSSR count). The number of amides is 1. The van der Waals surface area contributed by atoms with Gasteiger partial charge in [0.25, 0.3) is 5.91 Å². The molecule has 0 aliphatic carbocycles. The van der Waals surface area contributed by atoms with E-state index in [1.54, 1.807) is 11.9 Å².